The average molecular weight is 659 g/mol. The number of ether oxygens (including phenoxy) is 2. The Hall–Kier alpha value is -4.96. The van der Waals surface area contributed by atoms with Crippen LogP contribution in [-0.2, 0) is 0 Å². The molecule has 47 heavy (non-hydrogen) atoms. The van der Waals surface area contributed by atoms with Crippen LogP contribution in [0.15, 0.2) is 53.5 Å². The quantitative estimate of drug-likeness (QED) is 0.140. The number of nitrogens with zero attached hydrogens (tertiary/aromatic N) is 3. The molecule has 2 aromatic carbocycles. The zero-order valence-electron chi connectivity index (χ0n) is 24.9. The number of carbonyl (C=O) groups excluding carboxylic acids is 2. The SMILES string of the molecule is CN1CCC(N2C(=O)c3cc4nc(-c5c(NC[C@@H](O)COc6cccc(OC(F)(F)C(F)F)c6)cc[nH]c5=O)[nH]c4cc3C2=O)CC1. The van der Waals surface area contributed by atoms with Crippen molar-refractivity contribution in [1.82, 2.24) is 24.8 Å². The molecule has 1 saturated heterocycles. The molecule has 2 aliphatic heterocycles. The largest absolute Gasteiger partial charge is 0.491 e. The van der Waals surface area contributed by atoms with Gasteiger partial charge < -0.3 is 34.8 Å². The molecule has 0 radical (unpaired) electrons. The van der Waals surface area contributed by atoms with Crippen molar-refractivity contribution in [2.75, 3.05) is 38.6 Å². The third kappa shape index (κ3) is 6.51. The molecule has 1 atom stereocenters. The Kier molecular flexibility index (Phi) is 8.63. The van der Waals surface area contributed by atoms with E-state index < -0.39 is 29.9 Å². The molecule has 16 heteroatoms. The summed E-state index contributed by atoms with van der Waals surface area (Å²) >= 11 is 0. The van der Waals surface area contributed by atoms with Gasteiger partial charge in [0, 0.05) is 24.8 Å². The molecule has 4 heterocycles. The maximum Gasteiger partial charge on any atom is 0.461 e. The van der Waals surface area contributed by atoms with Crippen molar-refractivity contribution in [1.29, 1.82) is 0 Å². The lowest BCUT2D eigenvalue weighted by Gasteiger charge is -2.33. The molecule has 1 fully saturated rings. The number of rotatable bonds is 11. The van der Waals surface area contributed by atoms with Crippen LogP contribution in [0.4, 0.5) is 23.2 Å². The number of nitrogens with one attached hydrogen (secondary N) is 3. The van der Waals surface area contributed by atoms with Gasteiger partial charge in [-0.1, -0.05) is 6.07 Å². The van der Waals surface area contributed by atoms with Crippen molar-refractivity contribution in [3.63, 3.8) is 0 Å². The fraction of sp³-hybridized carbons (Fsp3) is 0.355. The number of hydrogen-bond acceptors (Lipinski definition) is 9. The average Bonchev–Trinajstić information content (AvgIpc) is 3.55. The van der Waals surface area contributed by atoms with Crippen molar-refractivity contribution in [3.05, 3.63) is 70.1 Å². The summed E-state index contributed by atoms with van der Waals surface area (Å²) in [6.45, 7) is 1.12. The predicted octanol–water partition coefficient (Wildman–Crippen LogP) is 3.70. The molecule has 2 aliphatic rings. The number of hydrogen-bond donors (Lipinski definition) is 4. The van der Waals surface area contributed by atoms with E-state index in [1.165, 1.54) is 23.2 Å². The van der Waals surface area contributed by atoms with Gasteiger partial charge in [0.15, 0.2) is 0 Å². The lowest BCUT2D eigenvalue weighted by atomic mass is 10.0. The fourth-order valence-corrected chi connectivity index (χ4v) is 5.63. The number of aromatic amines is 2. The van der Waals surface area contributed by atoms with Crippen LogP contribution in [0.2, 0.25) is 0 Å². The van der Waals surface area contributed by atoms with Crippen molar-refractivity contribution >= 4 is 28.5 Å². The second kappa shape index (κ2) is 12.7. The Balaban J connectivity index is 1.14. The summed E-state index contributed by atoms with van der Waals surface area (Å²) in [5.41, 5.74) is 1.24. The summed E-state index contributed by atoms with van der Waals surface area (Å²) in [6.07, 6.45) is -7.09. The van der Waals surface area contributed by atoms with Gasteiger partial charge in [-0.05, 0) is 63.3 Å². The Morgan fingerprint density at radius 3 is 2.49 bits per heavy atom. The number of pyridine rings is 1. The van der Waals surface area contributed by atoms with E-state index in [1.54, 1.807) is 18.2 Å². The van der Waals surface area contributed by atoms with Gasteiger partial charge in [0.2, 0.25) is 0 Å². The fourth-order valence-electron chi connectivity index (χ4n) is 5.63. The van der Waals surface area contributed by atoms with E-state index in [-0.39, 0.29) is 59.3 Å². The molecule has 4 aromatic rings. The molecule has 248 valence electrons. The molecule has 2 aromatic heterocycles. The van der Waals surface area contributed by atoms with E-state index in [1.807, 2.05) is 7.05 Å². The molecule has 0 aliphatic carbocycles. The number of aliphatic hydroxyl groups excluding tert-OH is 1. The van der Waals surface area contributed by atoms with Crippen LogP contribution in [0.3, 0.4) is 0 Å². The first kappa shape index (κ1) is 32.0. The number of halogens is 4. The molecule has 4 N–H and O–H groups in total. The highest BCUT2D eigenvalue weighted by molar-refractivity contribution is 6.23. The number of aromatic nitrogens is 3. The van der Waals surface area contributed by atoms with Crippen LogP contribution in [-0.4, -0.2) is 99.6 Å². The number of piperidine rings is 1. The van der Waals surface area contributed by atoms with Crippen molar-refractivity contribution in [3.8, 4) is 22.9 Å². The minimum Gasteiger partial charge on any atom is -0.491 e. The Morgan fingerprint density at radius 2 is 1.77 bits per heavy atom. The Morgan fingerprint density at radius 1 is 1.06 bits per heavy atom. The number of carbonyl (C=O) groups is 2. The Labute approximate surface area is 264 Å². The first-order valence-electron chi connectivity index (χ1n) is 14.7. The van der Waals surface area contributed by atoms with Gasteiger partial charge in [0.25, 0.3) is 17.4 Å². The molecule has 12 nitrogen and oxygen atoms in total. The molecule has 6 rings (SSSR count). The van der Waals surface area contributed by atoms with Crippen LogP contribution in [0, 0.1) is 0 Å². The van der Waals surface area contributed by atoms with E-state index in [9.17, 15) is 37.1 Å². The number of aliphatic hydroxyl groups is 1. The molecule has 0 spiro atoms. The first-order chi connectivity index (χ1) is 22.4. The Bertz CT molecular complexity index is 1820. The minimum atomic E-state index is -4.68. The summed E-state index contributed by atoms with van der Waals surface area (Å²) < 4.78 is 60.8. The lowest BCUT2D eigenvalue weighted by molar-refractivity contribution is -0.253. The number of alkyl halides is 4. The van der Waals surface area contributed by atoms with Crippen LogP contribution in [0.25, 0.3) is 22.4 Å². The number of likely N-dealkylation sites (tertiary alicyclic amines) is 1. The molecule has 2 amide bonds. The molecule has 0 saturated carbocycles. The number of anilines is 1. The number of imidazole rings is 1. The number of fused-ring (bicyclic) bond motifs is 2. The number of amides is 2. The van der Waals surface area contributed by atoms with Crippen LogP contribution >= 0.6 is 0 Å². The highest BCUT2D eigenvalue weighted by atomic mass is 19.3. The normalized spacial score (nSPS) is 16.6. The van der Waals surface area contributed by atoms with E-state index in [2.05, 4.69) is 29.9 Å². The smallest absolute Gasteiger partial charge is 0.461 e. The summed E-state index contributed by atoms with van der Waals surface area (Å²) in [7, 11) is 2.00. The zero-order valence-corrected chi connectivity index (χ0v) is 24.9. The second-order valence-corrected chi connectivity index (χ2v) is 11.4. The van der Waals surface area contributed by atoms with Gasteiger partial charge in [-0.2, -0.15) is 17.6 Å². The number of benzene rings is 2. The predicted molar refractivity (Wildman–Crippen MR) is 161 cm³/mol. The van der Waals surface area contributed by atoms with Gasteiger partial charge in [-0.25, -0.2) is 4.98 Å². The monoisotopic (exact) mass is 658 g/mol. The first-order valence-corrected chi connectivity index (χ1v) is 14.7. The van der Waals surface area contributed by atoms with Gasteiger partial charge in [0.1, 0.15) is 35.6 Å². The third-order valence-electron chi connectivity index (χ3n) is 8.05. The second-order valence-electron chi connectivity index (χ2n) is 11.4. The summed E-state index contributed by atoms with van der Waals surface area (Å²) in [5, 5.41) is 13.5. The highest BCUT2D eigenvalue weighted by Crippen LogP contribution is 2.33. The highest BCUT2D eigenvalue weighted by Gasteiger charge is 2.44. The zero-order chi connectivity index (χ0) is 33.5. The van der Waals surface area contributed by atoms with Gasteiger partial charge in [-0.3, -0.25) is 19.3 Å². The van der Waals surface area contributed by atoms with Gasteiger partial charge >= 0.3 is 12.5 Å². The van der Waals surface area contributed by atoms with E-state index in [4.69, 9.17) is 4.74 Å². The van der Waals surface area contributed by atoms with Crippen LogP contribution in [0.1, 0.15) is 33.6 Å². The molecule has 0 bridgehead atoms. The maximum atomic E-state index is 13.3. The minimum absolute atomic E-state index is 0.0101. The topological polar surface area (TPSA) is 153 Å². The molecular formula is C31H30F4N6O6. The summed E-state index contributed by atoms with van der Waals surface area (Å²) in [6, 6.07) is 9.15. The van der Waals surface area contributed by atoms with Gasteiger partial charge in [0.05, 0.1) is 27.8 Å². The van der Waals surface area contributed by atoms with E-state index in [0.29, 0.717) is 29.6 Å². The van der Waals surface area contributed by atoms with Crippen molar-refractivity contribution in [2.45, 2.75) is 37.5 Å². The van der Waals surface area contributed by atoms with E-state index in [0.717, 1.165) is 25.2 Å². The third-order valence-corrected chi connectivity index (χ3v) is 8.05. The van der Waals surface area contributed by atoms with Crippen LogP contribution in [0.5, 0.6) is 11.5 Å². The van der Waals surface area contributed by atoms with E-state index >= 15 is 0 Å². The summed E-state index contributed by atoms with van der Waals surface area (Å²) in [4.78, 5) is 53.2. The number of imide groups is 1. The van der Waals surface area contributed by atoms with Crippen molar-refractivity contribution in [2.24, 2.45) is 0 Å². The van der Waals surface area contributed by atoms with Crippen LogP contribution < -0.4 is 20.3 Å². The maximum absolute atomic E-state index is 13.3. The number of H-pyrrole nitrogens is 2. The molecular weight excluding hydrogens is 628 g/mol. The standard InChI is InChI=1S/C31H30F4N6O6/c1-40-9-6-16(7-10-40)41-28(44)20-12-23-24(13-21(20)29(41)45)39-26(38-23)25-22(5-8-36-27(25)43)37-14-17(42)15-46-18-3-2-4-19(11-18)47-31(34,35)30(32)33/h2-5,8,11-13,16-17,30,42H,6-7,9-10,14-15H2,1H3,(H,38,39)(H2,36,37,43)/t17-/m1/s1. The molecule has 0 unspecified atom stereocenters. The van der Waals surface area contributed by atoms with Crippen molar-refractivity contribution < 1.29 is 41.7 Å². The summed E-state index contributed by atoms with van der Waals surface area (Å²) in [5.74, 6) is -1.13. The lowest BCUT2D eigenvalue weighted by Crippen LogP contribution is -2.46. The van der Waals surface area contributed by atoms with Gasteiger partial charge in [-0.15, -0.1) is 0 Å².